The van der Waals surface area contributed by atoms with Gasteiger partial charge >= 0.3 is 0 Å². The van der Waals surface area contributed by atoms with Crippen molar-refractivity contribution in [3.05, 3.63) is 152 Å². The minimum absolute atomic E-state index is 1.15. The number of para-hydroxylation sites is 2. The zero-order valence-electron chi connectivity index (χ0n) is 22.4. The third-order valence-electron chi connectivity index (χ3n) is 8.72. The highest BCUT2D eigenvalue weighted by Gasteiger charge is 2.26. The number of benzene rings is 8. The van der Waals surface area contributed by atoms with Crippen LogP contribution in [0.4, 0.5) is 17.1 Å². The Labute approximate surface area is 238 Å². The van der Waals surface area contributed by atoms with E-state index in [1.54, 1.807) is 0 Å². The van der Waals surface area contributed by atoms with E-state index in [-0.39, 0.29) is 0 Å². The molecule has 0 fully saturated rings. The van der Waals surface area contributed by atoms with Crippen LogP contribution in [0, 0.1) is 0 Å². The maximum absolute atomic E-state index is 2.42. The summed E-state index contributed by atoms with van der Waals surface area (Å²) in [4.78, 5) is 2.35. The van der Waals surface area contributed by atoms with E-state index in [9.17, 15) is 0 Å². The Kier molecular flexibility index (Phi) is 4.67. The van der Waals surface area contributed by atoms with Crippen molar-refractivity contribution >= 4 is 49.4 Å². The molecule has 0 unspecified atom stereocenters. The zero-order chi connectivity index (χ0) is 26.9. The molecule has 8 aromatic rings. The molecule has 41 heavy (non-hydrogen) atoms. The van der Waals surface area contributed by atoms with Crippen LogP contribution < -0.4 is 4.90 Å². The van der Waals surface area contributed by atoms with Crippen LogP contribution in [-0.4, -0.2) is 0 Å². The minimum Gasteiger partial charge on any atom is -0.310 e. The third kappa shape index (κ3) is 3.24. The quantitative estimate of drug-likeness (QED) is 0.209. The number of nitrogens with zero attached hydrogens (tertiary/aromatic N) is 1. The largest absolute Gasteiger partial charge is 0.310 e. The number of hydrogen-bond acceptors (Lipinski definition) is 1. The summed E-state index contributed by atoms with van der Waals surface area (Å²) < 4.78 is 0. The van der Waals surface area contributed by atoms with Crippen molar-refractivity contribution in [1.29, 1.82) is 0 Å². The van der Waals surface area contributed by atoms with Gasteiger partial charge in [-0.05, 0) is 108 Å². The van der Waals surface area contributed by atoms with Crippen molar-refractivity contribution in [3.63, 3.8) is 0 Å². The second kappa shape index (κ2) is 8.55. The highest BCUT2D eigenvalue weighted by molar-refractivity contribution is 6.33. The van der Waals surface area contributed by atoms with Gasteiger partial charge in [-0.1, -0.05) is 109 Å². The zero-order valence-corrected chi connectivity index (χ0v) is 22.4. The molecule has 1 heteroatoms. The van der Waals surface area contributed by atoms with Crippen LogP contribution in [0.5, 0.6) is 0 Å². The van der Waals surface area contributed by atoms with Crippen LogP contribution in [-0.2, 0) is 0 Å². The Hall–Kier alpha value is -5.40. The summed E-state index contributed by atoms with van der Waals surface area (Å²) in [6.45, 7) is 0. The first-order chi connectivity index (χ1) is 20.3. The van der Waals surface area contributed by atoms with E-state index in [0.717, 1.165) is 17.1 Å². The molecule has 0 bridgehead atoms. The van der Waals surface area contributed by atoms with Crippen LogP contribution in [0.1, 0.15) is 0 Å². The van der Waals surface area contributed by atoms with Crippen molar-refractivity contribution in [2.45, 2.75) is 0 Å². The van der Waals surface area contributed by atoms with Crippen molar-refractivity contribution in [2.24, 2.45) is 0 Å². The van der Waals surface area contributed by atoms with Crippen LogP contribution in [0.15, 0.2) is 152 Å². The molecule has 0 N–H and O–H groups in total. The van der Waals surface area contributed by atoms with Gasteiger partial charge in [0.05, 0.1) is 0 Å². The third-order valence-corrected chi connectivity index (χ3v) is 8.72. The van der Waals surface area contributed by atoms with Crippen molar-refractivity contribution in [3.8, 4) is 33.4 Å². The standard InChI is InChI=1S/C40H25N/c1-4-10-26(11-5-1)32-20-18-28-24-37-36-25-31(41(29-12-6-2-7-13-29)30-14-8-3-9-15-30)19-23-33(36)35-22-17-27-16-21-34(32)38(28)39(27)40(35)37/h1-25H. The van der Waals surface area contributed by atoms with Gasteiger partial charge in [0.1, 0.15) is 0 Å². The van der Waals surface area contributed by atoms with Crippen LogP contribution >= 0.6 is 0 Å². The summed E-state index contributed by atoms with van der Waals surface area (Å²) in [5, 5.41) is 8.05. The predicted octanol–water partition coefficient (Wildman–Crippen LogP) is 11.4. The molecule has 0 saturated carbocycles. The van der Waals surface area contributed by atoms with E-state index in [1.807, 2.05) is 0 Å². The summed E-state index contributed by atoms with van der Waals surface area (Å²) >= 11 is 0. The van der Waals surface area contributed by atoms with Gasteiger partial charge in [-0.25, -0.2) is 0 Å². The van der Waals surface area contributed by atoms with E-state index in [4.69, 9.17) is 0 Å². The van der Waals surface area contributed by atoms with Gasteiger partial charge in [0.25, 0.3) is 0 Å². The van der Waals surface area contributed by atoms with Crippen LogP contribution in [0.25, 0.3) is 65.7 Å². The lowest BCUT2D eigenvalue weighted by molar-refractivity contribution is 1.28. The molecule has 190 valence electrons. The molecule has 1 nitrogen and oxygen atoms in total. The highest BCUT2D eigenvalue weighted by Crippen LogP contribution is 2.53. The second-order valence-corrected chi connectivity index (χ2v) is 10.9. The van der Waals surface area contributed by atoms with Gasteiger partial charge in [0, 0.05) is 17.1 Å². The summed E-state index contributed by atoms with van der Waals surface area (Å²) in [6, 6.07) is 55.3. The smallest absolute Gasteiger partial charge is 0.0468 e. The molecule has 0 aliphatic heterocycles. The molecule has 8 aromatic carbocycles. The number of anilines is 3. The molecule has 0 atom stereocenters. The predicted molar refractivity (Wildman–Crippen MR) is 175 cm³/mol. The normalized spacial score (nSPS) is 11.9. The van der Waals surface area contributed by atoms with Crippen LogP contribution in [0.3, 0.4) is 0 Å². The molecule has 9 rings (SSSR count). The number of fused-ring (bicyclic) bond motifs is 3. The molecule has 0 heterocycles. The maximum Gasteiger partial charge on any atom is 0.0468 e. The summed E-state index contributed by atoms with van der Waals surface area (Å²) in [5.74, 6) is 0. The second-order valence-electron chi connectivity index (χ2n) is 10.9. The lowest BCUT2D eigenvalue weighted by atomic mass is 9.87. The van der Waals surface area contributed by atoms with Gasteiger partial charge in [-0.2, -0.15) is 0 Å². The molecular weight excluding hydrogens is 494 g/mol. The van der Waals surface area contributed by atoms with E-state index >= 15 is 0 Å². The van der Waals surface area contributed by atoms with E-state index in [1.165, 1.54) is 65.7 Å². The first-order valence-corrected chi connectivity index (χ1v) is 14.2. The fraction of sp³-hybridized carbons (Fsp3) is 0. The lowest BCUT2D eigenvalue weighted by Crippen LogP contribution is -2.09. The van der Waals surface area contributed by atoms with Crippen molar-refractivity contribution in [1.82, 2.24) is 0 Å². The number of rotatable bonds is 4. The number of hydrogen-bond donors (Lipinski definition) is 0. The van der Waals surface area contributed by atoms with Gasteiger partial charge in [-0.15, -0.1) is 0 Å². The molecule has 0 amide bonds. The fourth-order valence-electron chi connectivity index (χ4n) is 6.95. The monoisotopic (exact) mass is 519 g/mol. The molecule has 1 aliphatic carbocycles. The Morgan fingerprint density at radius 2 is 0.927 bits per heavy atom. The maximum atomic E-state index is 2.42. The summed E-state index contributed by atoms with van der Waals surface area (Å²) in [6.07, 6.45) is 0. The Morgan fingerprint density at radius 3 is 1.66 bits per heavy atom. The van der Waals surface area contributed by atoms with Gasteiger partial charge in [0.2, 0.25) is 0 Å². The summed E-state index contributed by atoms with van der Waals surface area (Å²) in [7, 11) is 0. The van der Waals surface area contributed by atoms with Gasteiger partial charge in [-0.3, -0.25) is 0 Å². The first kappa shape index (κ1) is 22.4. The lowest BCUT2D eigenvalue weighted by Gasteiger charge is -2.26. The van der Waals surface area contributed by atoms with Crippen LogP contribution in [0.2, 0.25) is 0 Å². The van der Waals surface area contributed by atoms with Crippen molar-refractivity contribution < 1.29 is 0 Å². The summed E-state index contributed by atoms with van der Waals surface area (Å²) in [5.41, 5.74) is 11.3. The molecule has 1 aliphatic rings. The average molecular weight is 520 g/mol. The first-order valence-electron chi connectivity index (χ1n) is 14.2. The SMILES string of the molecule is c1ccc(-c2ccc3cc4c5c(ccc6ccc2c3c65)-c2ccc(N(c3ccccc3)c3ccccc3)cc2-4)cc1. The topological polar surface area (TPSA) is 3.24 Å². The van der Waals surface area contributed by atoms with E-state index in [0.29, 0.717) is 0 Å². The molecule has 0 radical (unpaired) electrons. The molecular formula is C40H25N. The molecule has 0 aromatic heterocycles. The van der Waals surface area contributed by atoms with Crippen molar-refractivity contribution in [2.75, 3.05) is 4.90 Å². The Morgan fingerprint density at radius 1 is 0.317 bits per heavy atom. The minimum atomic E-state index is 1.15. The Balaban J connectivity index is 1.31. The molecule has 0 saturated heterocycles. The van der Waals surface area contributed by atoms with E-state index in [2.05, 4.69) is 157 Å². The molecule has 0 spiro atoms. The van der Waals surface area contributed by atoms with E-state index < -0.39 is 0 Å². The van der Waals surface area contributed by atoms with Gasteiger partial charge < -0.3 is 4.90 Å². The highest BCUT2D eigenvalue weighted by atomic mass is 15.1. The Bertz CT molecular complexity index is 2190. The van der Waals surface area contributed by atoms with Gasteiger partial charge in [0.15, 0.2) is 0 Å². The fourth-order valence-corrected chi connectivity index (χ4v) is 6.95. The average Bonchev–Trinajstić information content (AvgIpc) is 3.36.